The summed E-state index contributed by atoms with van der Waals surface area (Å²) in [6.45, 7) is 3.29. The number of nitrogen functional groups attached to an aromatic ring is 1. The summed E-state index contributed by atoms with van der Waals surface area (Å²) in [5, 5.41) is 0. The summed E-state index contributed by atoms with van der Waals surface area (Å²) in [5.74, 6) is 7.88. The van der Waals surface area contributed by atoms with E-state index in [4.69, 9.17) is 10.8 Å². The lowest BCUT2D eigenvalue weighted by molar-refractivity contribution is 0.481. The van der Waals surface area contributed by atoms with Crippen LogP contribution < -0.4 is 16.2 Å². The van der Waals surface area contributed by atoms with Crippen molar-refractivity contribution in [1.82, 2.24) is 9.97 Å². The molecule has 5 nitrogen and oxygen atoms in total. The maximum Gasteiger partial charge on any atom is 0.163 e. The van der Waals surface area contributed by atoms with Crippen LogP contribution in [0.5, 0.6) is 0 Å². The Balaban J connectivity index is 2.01. The van der Waals surface area contributed by atoms with E-state index in [-0.39, 0.29) is 0 Å². The van der Waals surface area contributed by atoms with Crippen LogP contribution in [0, 0.1) is 0 Å². The lowest BCUT2D eigenvalue weighted by Crippen LogP contribution is -2.38. The van der Waals surface area contributed by atoms with E-state index in [0.29, 0.717) is 17.7 Å². The molecule has 2 heterocycles. The molecule has 0 bridgehead atoms. The summed E-state index contributed by atoms with van der Waals surface area (Å²) < 4.78 is 0. The maximum absolute atomic E-state index is 5.57. The van der Waals surface area contributed by atoms with E-state index < -0.39 is 0 Å². The van der Waals surface area contributed by atoms with Crippen molar-refractivity contribution >= 4 is 11.6 Å². The molecule has 1 fully saturated rings. The van der Waals surface area contributed by atoms with Gasteiger partial charge in [0.05, 0.1) is 0 Å². The number of hydrogen-bond donors (Lipinski definition) is 2. The third-order valence-electron chi connectivity index (χ3n) is 3.99. The molecule has 1 saturated heterocycles. The number of benzene rings is 1. The van der Waals surface area contributed by atoms with Crippen LogP contribution in [-0.4, -0.2) is 22.6 Å². The average molecular weight is 283 g/mol. The average Bonchev–Trinajstić information content (AvgIpc) is 2.55. The Kier molecular flexibility index (Phi) is 4.01. The minimum absolute atomic E-state index is 0.503. The van der Waals surface area contributed by atoms with E-state index in [2.05, 4.69) is 22.2 Å². The summed E-state index contributed by atoms with van der Waals surface area (Å²) in [5.41, 5.74) is 3.65. The lowest BCUT2D eigenvalue weighted by Gasteiger charge is -2.34. The third kappa shape index (κ3) is 2.97. The predicted octanol–water partition coefficient (Wildman–Crippen LogP) is 2.81. The zero-order valence-corrected chi connectivity index (χ0v) is 12.3. The molecule has 3 N–H and O–H groups in total. The van der Waals surface area contributed by atoms with Crippen molar-refractivity contribution in [3.05, 3.63) is 36.4 Å². The zero-order chi connectivity index (χ0) is 14.7. The molecular weight excluding hydrogens is 262 g/mol. The van der Waals surface area contributed by atoms with Gasteiger partial charge in [0.1, 0.15) is 11.6 Å². The van der Waals surface area contributed by atoms with Gasteiger partial charge >= 0.3 is 0 Å². The molecule has 0 radical (unpaired) electrons. The van der Waals surface area contributed by atoms with Gasteiger partial charge < -0.3 is 10.3 Å². The van der Waals surface area contributed by atoms with Gasteiger partial charge in [-0.2, -0.15) is 0 Å². The van der Waals surface area contributed by atoms with E-state index in [9.17, 15) is 0 Å². The van der Waals surface area contributed by atoms with Gasteiger partial charge in [-0.25, -0.2) is 15.8 Å². The van der Waals surface area contributed by atoms with Crippen LogP contribution in [0.4, 0.5) is 11.6 Å². The normalized spacial score (nSPS) is 18.6. The Morgan fingerprint density at radius 3 is 2.71 bits per heavy atom. The quantitative estimate of drug-likeness (QED) is 0.669. The number of nitrogens with one attached hydrogen (secondary N) is 1. The van der Waals surface area contributed by atoms with Gasteiger partial charge in [0, 0.05) is 24.2 Å². The molecule has 110 valence electrons. The number of aromatic nitrogens is 2. The van der Waals surface area contributed by atoms with Crippen LogP contribution >= 0.6 is 0 Å². The van der Waals surface area contributed by atoms with Crippen LogP contribution in [0.25, 0.3) is 11.4 Å². The van der Waals surface area contributed by atoms with E-state index >= 15 is 0 Å². The summed E-state index contributed by atoms with van der Waals surface area (Å²) >= 11 is 0. The van der Waals surface area contributed by atoms with E-state index in [1.165, 1.54) is 19.3 Å². The Hall–Kier alpha value is -2.14. The van der Waals surface area contributed by atoms with E-state index in [1.54, 1.807) is 0 Å². The lowest BCUT2D eigenvalue weighted by atomic mass is 10.0. The van der Waals surface area contributed by atoms with Gasteiger partial charge in [0.25, 0.3) is 0 Å². The van der Waals surface area contributed by atoms with Crippen LogP contribution in [-0.2, 0) is 0 Å². The molecule has 1 atom stereocenters. The first-order chi connectivity index (χ1) is 10.3. The fourth-order valence-corrected chi connectivity index (χ4v) is 2.81. The van der Waals surface area contributed by atoms with Gasteiger partial charge in [-0.15, -0.1) is 0 Å². The number of anilines is 2. The minimum atomic E-state index is 0.503. The second kappa shape index (κ2) is 6.10. The standard InChI is InChI=1S/C16H21N5/c1-12-7-5-6-10-21(12)15-11-14(20-17)18-16(19-15)13-8-3-2-4-9-13/h2-4,8-9,11-12H,5-7,10,17H2,1H3,(H,18,19,20). The van der Waals surface area contributed by atoms with Crippen molar-refractivity contribution in [2.45, 2.75) is 32.2 Å². The van der Waals surface area contributed by atoms with Gasteiger partial charge in [0.2, 0.25) is 0 Å². The molecule has 2 aromatic rings. The van der Waals surface area contributed by atoms with Gasteiger partial charge in [0.15, 0.2) is 5.82 Å². The van der Waals surface area contributed by atoms with Crippen molar-refractivity contribution in [3.63, 3.8) is 0 Å². The van der Waals surface area contributed by atoms with Crippen LogP contribution in [0.2, 0.25) is 0 Å². The number of rotatable bonds is 3. The van der Waals surface area contributed by atoms with Crippen LogP contribution in [0.1, 0.15) is 26.2 Å². The van der Waals surface area contributed by atoms with Crippen molar-refractivity contribution in [2.24, 2.45) is 5.84 Å². The highest BCUT2D eigenvalue weighted by Crippen LogP contribution is 2.27. The molecule has 0 saturated carbocycles. The van der Waals surface area contributed by atoms with Crippen LogP contribution in [0.3, 0.4) is 0 Å². The summed E-state index contributed by atoms with van der Waals surface area (Å²) in [6.07, 6.45) is 3.70. The first-order valence-corrected chi connectivity index (χ1v) is 7.45. The van der Waals surface area contributed by atoms with Gasteiger partial charge in [-0.05, 0) is 26.2 Å². The largest absolute Gasteiger partial charge is 0.354 e. The Morgan fingerprint density at radius 2 is 2.00 bits per heavy atom. The highest BCUT2D eigenvalue weighted by molar-refractivity contribution is 5.61. The molecule has 5 heteroatoms. The molecular formula is C16H21N5. The molecule has 1 aliphatic rings. The fourth-order valence-electron chi connectivity index (χ4n) is 2.81. The second-order valence-corrected chi connectivity index (χ2v) is 5.48. The summed E-state index contributed by atoms with van der Waals surface area (Å²) in [6, 6.07) is 12.4. The highest BCUT2D eigenvalue weighted by atomic mass is 15.3. The predicted molar refractivity (Wildman–Crippen MR) is 85.9 cm³/mol. The smallest absolute Gasteiger partial charge is 0.163 e. The molecule has 0 amide bonds. The number of piperidine rings is 1. The monoisotopic (exact) mass is 283 g/mol. The van der Waals surface area contributed by atoms with Crippen LogP contribution in [0.15, 0.2) is 36.4 Å². The Bertz CT molecular complexity index is 599. The highest BCUT2D eigenvalue weighted by Gasteiger charge is 2.21. The van der Waals surface area contributed by atoms with E-state index in [0.717, 1.165) is 17.9 Å². The second-order valence-electron chi connectivity index (χ2n) is 5.48. The minimum Gasteiger partial charge on any atom is -0.354 e. The zero-order valence-electron chi connectivity index (χ0n) is 12.3. The Labute approximate surface area is 125 Å². The number of hydrogen-bond acceptors (Lipinski definition) is 5. The fraction of sp³-hybridized carbons (Fsp3) is 0.375. The molecule has 1 aromatic carbocycles. The summed E-state index contributed by atoms with van der Waals surface area (Å²) in [4.78, 5) is 11.6. The topological polar surface area (TPSA) is 67.1 Å². The first-order valence-electron chi connectivity index (χ1n) is 7.45. The first kappa shape index (κ1) is 13.8. The SMILES string of the molecule is CC1CCCCN1c1cc(NN)nc(-c2ccccc2)n1. The van der Waals surface area contributed by atoms with Crippen molar-refractivity contribution < 1.29 is 0 Å². The summed E-state index contributed by atoms with van der Waals surface area (Å²) in [7, 11) is 0. The molecule has 1 aliphatic heterocycles. The molecule has 0 aliphatic carbocycles. The van der Waals surface area contributed by atoms with Crippen molar-refractivity contribution in [2.75, 3.05) is 16.9 Å². The number of nitrogens with two attached hydrogens (primary N) is 1. The van der Waals surface area contributed by atoms with Crippen molar-refractivity contribution in [1.29, 1.82) is 0 Å². The number of nitrogens with zero attached hydrogens (tertiary/aromatic N) is 3. The maximum atomic E-state index is 5.57. The van der Waals surface area contributed by atoms with Crippen molar-refractivity contribution in [3.8, 4) is 11.4 Å². The third-order valence-corrected chi connectivity index (χ3v) is 3.99. The Morgan fingerprint density at radius 1 is 1.19 bits per heavy atom. The molecule has 0 spiro atoms. The molecule has 3 rings (SSSR count). The molecule has 1 aromatic heterocycles. The van der Waals surface area contributed by atoms with Gasteiger partial charge in [-0.3, -0.25) is 0 Å². The van der Waals surface area contributed by atoms with Gasteiger partial charge in [-0.1, -0.05) is 30.3 Å². The number of hydrazine groups is 1. The molecule has 1 unspecified atom stereocenters. The molecule has 21 heavy (non-hydrogen) atoms. The van der Waals surface area contributed by atoms with E-state index in [1.807, 2.05) is 36.4 Å².